The van der Waals surface area contributed by atoms with Gasteiger partial charge in [-0.1, -0.05) is 64.3 Å². The van der Waals surface area contributed by atoms with Gasteiger partial charge >= 0.3 is 0 Å². The normalized spacial score (nSPS) is 15.7. The number of sulfonamides is 1. The van der Waals surface area contributed by atoms with Crippen LogP contribution in [0.4, 0.5) is 4.39 Å². The van der Waals surface area contributed by atoms with Gasteiger partial charge in [-0.3, -0.25) is 14.3 Å². The zero-order valence-corrected chi connectivity index (χ0v) is 23.4. The van der Waals surface area contributed by atoms with Crippen molar-refractivity contribution in [3.05, 3.63) is 59.5 Å². The number of aromatic nitrogens is 2. The van der Waals surface area contributed by atoms with Crippen molar-refractivity contribution in [2.45, 2.75) is 76.9 Å². The van der Waals surface area contributed by atoms with Gasteiger partial charge in [-0.2, -0.15) is 5.10 Å². The number of nitrogens with one attached hydrogen (secondary N) is 2. The van der Waals surface area contributed by atoms with Crippen LogP contribution >= 0.6 is 0 Å². The number of carbonyl (C=O) groups excluding carboxylic acids is 2. The van der Waals surface area contributed by atoms with Crippen LogP contribution in [-0.2, 0) is 27.9 Å². The fraction of sp³-hybridized carbons (Fsp3) is 0.464. The number of rotatable bonds is 8. The predicted octanol–water partition coefficient (Wildman–Crippen LogP) is 3.86. The first kappa shape index (κ1) is 28.7. The van der Waals surface area contributed by atoms with E-state index in [2.05, 4.69) is 15.7 Å². The summed E-state index contributed by atoms with van der Waals surface area (Å²) in [5.74, 6) is -1.03. The van der Waals surface area contributed by atoms with Crippen molar-refractivity contribution in [2.75, 3.05) is 0 Å². The van der Waals surface area contributed by atoms with Crippen molar-refractivity contribution < 1.29 is 22.4 Å². The minimum absolute atomic E-state index is 0.0241. The molecule has 2 aromatic carbocycles. The molecule has 0 aliphatic heterocycles. The van der Waals surface area contributed by atoms with Crippen molar-refractivity contribution >= 4 is 32.7 Å². The highest BCUT2D eigenvalue weighted by molar-refractivity contribution is 7.89. The molecular formula is C28H36FN5O4S. The molecule has 1 fully saturated rings. The van der Waals surface area contributed by atoms with E-state index in [1.807, 2.05) is 20.8 Å². The highest BCUT2D eigenvalue weighted by Gasteiger charge is 2.34. The molecular weight excluding hydrogens is 521 g/mol. The van der Waals surface area contributed by atoms with E-state index in [9.17, 15) is 22.4 Å². The summed E-state index contributed by atoms with van der Waals surface area (Å²) >= 11 is 0. The van der Waals surface area contributed by atoms with Gasteiger partial charge in [0.1, 0.15) is 17.4 Å². The molecule has 1 unspecified atom stereocenters. The number of nitrogens with two attached hydrogens (primary N) is 1. The Morgan fingerprint density at radius 3 is 2.38 bits per heavy atom. The third-order valence-electron chi connectivity index (χ3n) is 7.21. The molecule has 9 nitrogen and oxygen atoms in total. The van der Waals surface area contributed by atoms with Crippen molar-refractivity contribution in [1.29, 1.82) is 0 Å². The highest BCUT2D eigenvalue weighted by Crippen LogP contribution is 2.29. The second-order valence-electron chi connectivity index (χ2n) is 11.4. The topological polar surface area (TPSA) is 136 Å². The molecule has 0 bridgehead atoms. The van der Waals surface area contributed by atoms with Gasteiger partial charge < -0.3 is 10.6 Å². The maximum absolute atomic E-state index is 14.9. The van der Waals surface area contributed by atoms with Crippen LogP contribution in [0.1, 0.15) is 68.9 Å². The number of carbonyl (C=O) groups is 2. The van der Waals surface area contributed by atoms with Gasteiger partial charge in [0.15, 0.2) is 5.69 Å². The number of nitrogens with zero attached hydrogens (tertiary/aromatic N) is 2. The Hall–Kier alpha value is -3.31. The molecule has 1 saturated carbocycles. The number of hydrogen-bond acceptors (Lipinski definition) is 5. The molecule has 1 aromatic heterocycles. The predicted molar refractivity (Wildman–Crippen MR) is 147 cm³/mol. The van der Waals surface area contributed by atoms with Crippen LogP contribution < -0.4 is 15.8 Å². The van der Waals surface area contributed by atoms with Crippen LogP contribution in [0.25, 0.3) is 10.9 Å². The molecule has 11 heteroatoms. The standard InChI is InChI=1S/C28H36FN5O4S/c1-28(2,3)25(27(36)31-16-18-12-14-20(15-13-18)39(30,37)38)32-26(35)23-21-10-7-11-22(29)24(21)34(33-23)17-19-8-5-4-6-9-19/h7,10-15,19,25H,4-6,8-9,16-17H2,1-3H3,(H,31,36)(H,32,35)(H2,30,37,38). The van der Waals surface area contributed by atoms with Crippen LogP contribution in [0, 0.1) is 17.2 Å². The molecule has 0 radical (unpaired) electrons. The first-order valence-corrected chi connectivity index (χ1v) is 14.7. The molecule has 39 heavy (non-hydrogen) atoms. The van der Waals surface area contributed by atoms with Crippen LogP contribution in [-0.4, -0.2) is 36.1 Å². The molecule has 4 N–H and O–H groups in total. The molecule has 3 aromatic rings. The number of benzene rings is 2. The van der Waals surface area contributed by atoms with Gasteiger partial charge in [0, 0.05) is 18.5 Å². The Bertz CT molecular complexity index is 1460. The van der Waals surface area contributed by atoms with Crippen LogP contribution in [0.3, 0.4) is 0 Å². The summed E-state index contributed by atoms with van der Waals surface area (Å²) in [6, 6.07) is 9.53. The molecule has 1 atom stereocenters. The van der Waals surface area contributed by atoms with E-state index in [0.29, 0.717) is 28.9 Å². The molecule has 1 heterocycles. The maximum Gasteiger partial charge on any atom is 0.273 e. The summed E-state index contributed by atoms with van der Waals surface area (Å²) < 4.78 is 39.5. The van der Waals surface area contributed by atoms with Crippen LogP contribution in [0.15, 0.2) is 47.4 Å². The fourth-order valence-corrected chi connectivity index (χ4v) is 5.59. The average Bonchev–Trinajstić information content (AvgIpc) is 3.25. The Morgan fingerprint density at radius 1 is 1.10 bits per heavy atom. The third-order valence-corrected chi connectivity index (χ3v) is 8.14. The van der Waals surface area contributed by atoms with E-state index < -0.39 is 39.1 Å². The van der Waals surface area contributed by atoms with Crippen LogP contribution in [0.2, 0.25) is 0 Å². The summed E-state index contributed by atoms with van der Waals surface area (Å²) in [5, 5.41) is 15.7. The second-order valence-corrected chi connectivity index (χ2v) is 12.9. The van der Waals surface area contributed by atoms with Crippen molar-refractivity contribution in [3.63, 3.8) is 0 Å². The zero-order chi connectivity index (χ0) is 28.4. The lowest BCUT2D eigenvalue weighted by Gasteiger charge is -2.30. The van der Waals surface area contributed by atoms with Gasteiger partial charge in [0.2, 0.25) is 15.9 Å². The lowest BCUT2D eigenvalue weighted by atomic mass is 9.86. The Labute approximate surface area is 228 Å². The smallest absolute Gasteiger partial charge is 0.273 e. The molecule has 1 aliphatic rings. The van der Waals surface area contributed by atoms with Gasteiger partial charge in [-0.25, -0.2) is 17.9 Å². The molecule has 210 valence electrons. The van der Waals surface area contributed by atoms with Gasteiger partial charge in [-0.05, 0) is 47.9 Å². The lowest BCUT2D eigenvalue weighted by molar-refractivity contribution is -0.125. The quantitative estimate of drug-likeness (QED) is 0.386. The SMILES string of the molecule is CC(C)(C)C(NC(=O)c1nn(CC2CCCCC2)c2c(F)cccc12)C(=O)NCc1ccc(S(N)(=O)=O)cc1. The average molecular weight is 558 g/mol. The maximum atomic E-state index is 14.9. The number of para-hydroxylation sites is 1. The molecule has 0 saturated heterocycles. The summed E-state index contributed by atoms with van der Waals surface area (Å²) in [7, 11) is -3.81. The van der Waals surface area contributed by atoms with E-state index in [4.69, 9.17) is 5.14 Å². The van der Waals surface area contributed by atoms with Gasteiger partial charge in [-0.15, -0.1) is 0 Å². The van der Waals surface area contributed by atoms with E-state index in [0.717, 1.165) is 25.7 Å². The monoisotopic (exact) mass is 557 g/mol. The number of primary sulfonamides is 1. The zero-order valence-electron chi connectivity index (χ0n) is 22.5. The Morgan fingerprint density at radius 2 is 1.77 bits per heavy atom. The first-order valence-electron chi connectivity index (χ1n) is 13.2. The van der Waals surface area contributed by atoms with Crippen LogP contribution in [0.5, 0.6) is 0 Å². The number of hydrogen-bond donors (Lipinski definition) is 3. The summed E-state index contributed by atoms with van der Waals surface area (Å²) in [6.07, 6.45) is 5.58. The van der Waals surface area contributed by atoms with E-state index >= 15 is 0 Å². The molecule has 4 rings (SSSR count). The fourth-order valence-electron chi connectivity index (χ4n) is 5.07. The number of halogens is 1. The van der Waals surface area contributed by atoms with Crippen molar-refractivity contribution in [3.8, 4) is 0 Å². The van der Waals surface area contributed by atoms with Gasteiger partial charge in [0.25, 0.3) is 5.91 Å². The lowest BCUT2D eigenvalue weighted by Crippen LogP contribution is -2.53. The van der Waals surface area contributed by atoms with Gasteiger partial charge in [0.05, 0.1) is 4.90 Å². The number of fused-ring (bicyclic) bond motifs is 1. The van der Waals surface area contributed by atoms with Crippen molar-refractivity contribution in [2.24, 2.45) is 16.5 Å². The summed E-state index contributed by atoms with van der Waals surface area (Å²) in [6.45, 7) is 6.15. The number of amides is 2. The summed E-state index contributed by atoms with van der Waals surface area (Å²) in [4.78, 5) is 26.7. The largest absolute Gasteiger partial charge is 0.350 e. The minimum atomic E-state index is -3.81. The van der Waals surface area contributed by atoms with E-state index in [-0.39, 0.29) is 17.1 Å². The second kappa shape index (κ2) is 11.4. The Balaban J connectivity index is 1.53. The first-order chi connectivity index (χ1) is 18.3. The third kappa shape index (κ3) is 6.83. The molecule has 1 aliphatic carbocycles. The molecule has 2 amide bonds. The van der Waals surface area contributed by atoms with Crippen molar-refractivity contribution in [1.82, 2.24) is 20.4 Å². The highest BCUT2D eigenvalue weighted by atomic mass is 32.2. The van der Waals surface area contributed by atoms with E-state index in [1.54, 1.807) is 28.9 Å². The molecule has 0 spiro atoms. The minimum Gasteiger partial charge on any atom is -0.350 e. The Kier molecular flexibility index (Phi) is 8.41. The summed E-state index contributed by atoms with van der Waals surface area (Å²) in [5.41, 5.74) is 0.398. The van der Waals surface area contributed by atoms with E-state index in [1.165, 1.54) is 24.6 Å².